The summed E-state index contributed by atoms with van der Waals surface area (Å²) >= 11 is 0. The summed E-state index contributed by atoms with van der Waals surface area (Å²) in [5.74, 6) is -0.220. The van der Waals surface area contributed by atoms with Gasteiger partial charge in [-0.3, -0.25) is 4.98 Å². The van der Waals surface area contributed by atoms with Crippen LogP contribution in [0.4, 0.5) is 4.39 Å². The zero-order valence-electron chi connectivity index (χ0n) is 18.7. The Bertz CT molecular complexity index is 1270. The zero-order chi connectivity index (χ0) is 22.3. The molecule has 32 heavy (non-hydrogen) atoms. The van der Waals surface area contributed by atoms with Crippen LogP contribution in [0.3, 0.4) is 0 Å². The monoisotopic (exact) mass is 426 g/mol. The minimum absolute atomic E-state index is 0.103. The van der Waals surface area contributed by atoms with Gasteiger partial charge in [-0.2, -0.15) is 0 Å². The number of para-hydroxylation sites is 1. The first-order valence-corrected chi connectivity index (χ1v) is 10.9. The van der Waals surface area contributed by atoms with Crippen molar-refractivity contribution in [1.82, 2.24) is 9.88 Å². The number of ether oxygens (including phenoxy) is 1. The van der Waals surface area contributed by atoms with E-state index in [2.05, 4.69) is 61.2 Å². The summed E-state index contributed by atoms with van der Waals surface area (Å²) in [6.07, 6.45) is 1.83. The van der Waals surface area contributed by atoms with Crippen molar-refractivity contribution in [2.75, 3.05) is 20.6 Å². The second kappa shape index (κ2) is 8.12. The molecular formula is C28H27FN2O. The lowest BCUT2D eigenvalue weighted by atomic mass is 9.74. The van der Waals surface area contributed by atoms with Gasteiger partial charge in [-0.05, 0) is 66.7 Å². The molecular weight excluding hydrogens is 399 g/mol. The number of halogens is 1. The SMILES string of the molecule is CN(C)CC(C)(c1ccc(F)cc1)C1OCc2cc(-c3cnc4ccccc4c3)ccc21. The van der Waals surface area contributed by atoms with E-state index in [-0.39, 0.29) is 17.3 Å². The predicted molar refractivity (Wildman–Crippen MR) is 127 cm³/mol. The normalized spacial score (nSPS) is 17.5. The maximum atomic E-state index is 13.6. The van der Waals surface area contributed by atoms with E-state index in [9.17, 15) is 4.39 Å². The van der Waals surface area contributed by atoms with Crippen molar-refractivity contribution in [3.8, 4) is 11.1 Å². The summed E-state index contributed by atoms with van der Waals surface area (Å²) in [5, 5.41) is 1.13. The zero-order valence-corrected chi connectivity index (χ0v) is 18.7. The molecule has 162 valence electrons. The molecule has 1 aromatic heterocycles. The fourth-order valence-electron chi connectivity index (χ4n) is 5.00. The lowest BCUT2D eigenvalue weighted by molar-refractivity contribution is 0.00203. The van der Waals surface area contributed by atoms with E-state index in [1.807, 2.05) is 36.5 Å². The number of nitrogens with zero attached hydrogens (tertiary/aromatic N) is 2. The number of pyridine rings is 1. The van der Waals surface area contributed by atoms with Gasteiger partial charge in [-0.1, -0.05) is 49.4 Å². The largest absolute Gasteiger partial charge is 0.368 e. The van der Waals surface area contributed by atoms with E-state index in [4.69, 9.17) is 4.74 Å². The lowest BCUT2D eigenvalue weighted by Gasteiger charge is -2.38. The second-order valence-electron chi connectivity index (χ2n) is 9.18. The first-order chi connectivity index (χ1) is 15.4. The molecule has 4 heteroatoms. The summed E-state index contributed by atoms with van der Waals surface area (Å²) in [6, 6.07) is 23.8. The predicted octanol–water partition coefficient (Wildman–Crippen LogP) is 6.13. The van der Waals surface area contributed by atoms with Crippen molar-refractivity contribution < 1.29 is 9.13 Å². The highest BCUT2D eigenvalue weighted by atomic mass is 19.1. The summed E-state index contributed by atoms with van der Waals surface area (Å²) in [7, 11) is 4.13. The molecule has 2 unspecified atom stereocenters. The number of rotatable bonds is 5. The minimum Gasteiger partial charge on any atom is -0.368 e. The molecule has 5 rings (SSSR count). The fourth-order valence-corrected chi connectivity index (χ4v) is 5.00. The van der Waals surface area contributed by atoms with E-state index >= 15 is 0 Å². The Morgan fingerprint density at radius 2 is 1.78 bits per heavy atom. The number of benzene rings is 3. The van der Waals surface area contributed by atoms with Crippen molar-refractivity contribution in [3.63, 3.8) is 0 Å². The van der Waals surface area contributed by atoms with Gasteiger partial charge in [0.2, 0.25) is 0 Å². The van der Waals surface area contributed by atoms with Gasteiger partial charge in [-0.15, -0.1) is 0 Å². The van der Waals surface area contributed by atoms with Gasteiger partial charge >= 0.3 is 0 Å². The number of hydrogen-bond donors (Lipinski definition) is 0. The van der Waals surface area contributed by atoms with Crippen molar-refractivity contribution in [3.05, 3.63) is 102 Å². The van der Waals surface area contributed by atoms with Crippen LogP contribution in [0.25, 0.3) is 22.0 Å². The quantitative estimate of drug-likeness (QED) is 0.384. The molecule has 0 aliphatic carbocycles. The number of fused-ring (bicyclic) bond motifs is 2. The van der Waals surface area contributed by atoms with Crippen LogP contribution in [0.5, 0.6) is 0 Å². The second-order valence-corrected chi connectivity index (χ2v) is 9.18. The highest BCUT2D eigenvalue weighted by molar-refractivity contribution is 5.83. The molecule has 0 radical (unpaired) electrons. The first kappa shape index (κ1) is 20.8. The van der Waals surface area contributed by atoms with E-state index in [0.717, 1.165) is 34.1 Å². The number of aromatic nitrogens is 1. The smallest absolute Gasteiger partial charge is 0.123 e. The van der Waals surface area contributed by atoms with Crippen LogP contribution in [-0.2, 0) is 16.8 Å². The summed E-state index contributed by atoms with van der Waals surface area (Å²) in [6.45, 7) is 3.57. The molecule has 0 bridgehead atoms. The van der Waals surface area contributed by atoms with Gasteiger partial charge in [0.25, 0.3) is 0 Å². The minimum atomic E-state index is -0.311. The van der Waals surface area contributed by atoms with Crippen molar-refractivity contribution >= 4 is 10.9 Å². The van der Waals surface area contributed by atoms with Gasteiger partial charge in [0.1, 0.15) is 5.82 Å². The molecule has 2 atom stereocenters. The van der Waals surface area contributed by atoms with Crippen LogP contribution in [0.2, 0.25) is 0 Å². The average molecular weight is 427 g/mol. The van der Waals surface area contributed by atoms with E-state index < -0.39 is 0 Å². The Morgan fingerprint density at radius 1 is 1.00 bits per heavy atom. The molecule has 0 saturated heterocycles. The first-order valence-electron chi connectivity index (χ1n) is 10.9. The highest BCUT2D eigenvalue weighted by Crippen LogP contribution is 2.46. The van der Waals surface area contributed by atoms with Crippen LogP contribution >= 0.6 is 0 Å². The molecule has 0 spiro atoms. The lowest BCUT2D eigenvalue weighted by Crippen LogP contribution is -2.40. The molecule has 0 amide bonds. The van der Waals surface area contributed by atoms with Gasteiger partial charge in [0.15, 0.2) is 0 Å². The molecule has 1 aliphatic rings. The molecule has 3 nitrogen and oxygen atoms in total. The molecule has 0 saturated carbocycles. The molecule has 4 aromatic rings. The van der Waals surface area contributed by atoms with E-state index in [0.29, 0.717) is 6.61 Å². The topological polar surface area (TPSA) is 25.4 Å². The van der Waals surface area contributed by atoms with Crippen LogP contribution in [-0.4, -0.2) is 30.5 Å². The molecule has 3 aromatic carbocycles. The highest BCUT2D eigenvalue weighted by Gasteiger charge is 2.42. The maximum absolute atomic E-state index is 13.6. The van der Waals surface area contributed by atoms with Crippen LogP contribution in [0, 0.1) is 5.82 Å². The van der Waals surface area contributed by atoms with E-state index in [1.165, 1.54) is 23.3 Å². The summed E-state index contributed by atoms with van der Waals surface area (Å²) < 4.78 is 20.0. The van der Waals surface area contributed by atoms with Crippen molar-refractivity contribution in [2.24, 2.45) is 0 Å². The Kier molecular flexibility index (Phi) is 5.28. The summed E-state index contributed by atoms with van der Waals surface area (Å²) in [4.78, 5) is 6.78. The molecule has 0 fully saturated rings. The third-order valence-electron chi connectivity index (χ3n) is 6.48. The average Bonchev–Trinajstić information content (AvgIpc) is 3.22. The maximum Gasteiger partial charge on any atom is 0.123 e. The van der Waals surface area contributed by atoms with E-state index in [1.54, 1.807) is 0 Å². The van der Waals surface area contributed by atoms with Gasteiger partial charge < -0.3 is 9.64 Å². The van der Waals surface area contributed by atoms with Gasteiger partial charge in [-0.25, -0.2) is 4.39 Å². The van der Waals surface area contributed by atoms with Gasteiger partial charge in [0.05, 0.1) is 18.2 Å². The number of likely N-dealkylation sites (N-methyl/N-ethyl adjacent to an activating group) is 1. The fraction of sp³-hybridized carbons (Fsp3) is 0.250. The van der Waals surface area contributed by atoms with Crippen LogP contribution in [0.15, 0.2) is 79.0 Å². The molecule has 0 N–H and O–H groups in total. The van der Waals surface area contributed by atoms with Crippen molar-refractivity contribution in [1.29, 1.82) is 0 Å². The molecule has 1 aliphatic heterocycles. The Labute approximate surface area is 188 Å². The third kappa shape index (κ3) is 3.70. The van der Waals surface area contributed by atoms with Crippen LogP contribution in [0.1, 0.15) is 29.7 Å². The Morgan fingerprint density at radius 3 is 2.56 bits per heavy atom. The third-order valence-corrected chi connectivity index (χ3v) is 6.48. The Hall–Kier alpha value is -3.08. The van der Waals surface area contributed by atoms with Crippen molar-refractivity contribution in [2.45, 2.75) is 25.0 Å². The standard InChI is InChI=1S/C28H27FN2O/c1-28(18-31(2)3,23-9-11-24(29)12-10-23)27-25-13-8-19(14-22(25)17-32-27)21-15-20-6-4-5-7-26(20)30-16-21/h4-16,27H,17-18H2,1-3H3. The molecule has 2 heterocycles. The number of hydrogen-bond acceptors (Lipinski definition) is 3. The Balaban J connectivity index is 1.53. The summed E-state index contributed by atoms with van der Waals surface area (Å²) in [5.41, 5.74) is 6.41. The van der Waals surface area contributed by atoms with Gasteiger partial charge in [0, 0.05) is 29.1 Å². The van der Waals surface area contributed by atoms with Crippen LogP contribution < -0.4 is 0 Å².